The van der Waals surface area contributed by atoms with E-state index in [9.17, 15) is 18.0 Å². The molecule has 3 nitrogen and oxygen atoms in total. The molecule has 0 atom stereocenters. The van der Waals surface area contributed by atoms with Crippen LogP contribution in [0.25, 0.3) is 0 Å². The topological polar surface area (TPSA) is 56.0 Å². The number of nitrogens with zero attached hydrogens (tertiary/aromatic N) is 1. The number of aromatic nitrogens is 1. The fourth-order valence-corrected chi connectivity index (χ4v) is 1.03. The lowest BCUT2D eigenvalue weighted by Gasteiger charge is -2.06. The van der Waals surface area contributed by atoms with E-state index in [-0.39, 0.29) is 0 Å². The summed E-state index contributed by atoms with van der Waals surface area (Å²) in [7, 11) is 0. The summed E-state index contributed by atoms with van der Waals surface area (Å²) in [5.74, 6) is -2.60. The van der Waals surface area contributed by atoms with Crippen LogP contribution in [-0.4, -0.2) is 10.9 Å². The average molecular weight is 225 g/mol. The highest BCUT2D eigenvalue weighted by Crippen LogP contribution is 2.28. The first-order valence-electron chi connectivity index (χ1n) is 3.37. The van der Waals surface area contributed by atoms with Crippen LogP contribution in [-0.2, 0) is 0 Å². The quantitative estimate of drug-likeness (QED) is 0.834. The van der Waals surface area contributed by atoms with E-state index in [4.69, 9.17) is 17.3 Å². The second-order valence-corrected chi connectivity index (χ2v) is 2.75. The Balaban J connectivity index is 3.45. The molecule has 7 heteroatoms. The third kappa shape index (κ3) is 1.79. The summed E-state index contributed by atoms with van der Waals surface area (Å²) in [6.45, 7) is 0. The van der Waals surface area contributed by atoms with Gasteiger partial charge in [-0.25, -0.2) is 18.2 Å². The number of carbonyl (C=O) groups excluding carboxylic acids is 1. The first-order chi connectivity index (χ1) is 6.45. The van der Waals surface area contributed by atoms with Crippen molar-refractivity contribution in [1.82, 2.24) is 4.98 Å². The van der Waals surface area contributed by atoms with Crippen molar-refractivity contribution >= 4 is 17.5 Å². The van der Waals surface area contributed by atoms with Gasteiger partial charge in [-0.15, -0.1) is 0 Å². The Bertz CT molecular complexity index is 383. The molecule has 0 saturated carbocycles. The molecule has 1 amide bonds. The number of carbonyl (C=O) groups is 1. The normalized spacial score (nSPS) is 10.6. The summed E-state index contributed by atoms with van der Waals surface area (Å²) in [6, 6.07) is 0. The Labute approximate surface area is 81.7 Å². The van der Waals surface area contributed by atoms with Gasteiger partial charge in [-0.3, -0.25) is 4.79 Å². The second-order valence-electron chi connectivity index (χ2n) is 2.35. The van der Waals surface area contributed by atoms with Crippen LogP contribution in [0.3, 0.4) is 0 Å². The zero-order valence-electron chi connectivity index (χ0n) is 6.60. The van der Waals surface area contributed by atoms with E-state index in [0.29, 0.717) is 0 Å². The molecule has 0 aromatic carbocycles. The number of nitrogens with two attached hydrogens (primary N) is 1. The summed E-state index contributed by atoms with van der Waals surface area (Å²) < 4.78 is 37.6. The predicted molar refractivity (Wildman–Crippen MR) is 42.7 cm³/mol. The third-order valence-corrected chi connectivity index (χ3v) is 1.72. The van der Waals surface area contributed by atoms with Gasteiger partial charge in [0.2, 0.25) is 0 Å². The van der Waals surface area contributed by atoms with Crippen molar-refractivity contribution < 1.29 is 18.0 Å². The highest BCUT2D eigenvalue weighted by molar-refractivity contribution is 6.30. The number of rotatable bonds is 2. The Morgan fingerprint density at radius 3 is 2.57 bits per heavy atom. The first kappa shape index (κ1) is 10.8. The minimum absolute atomic E-state index is 0.578. The van der Waals surface area contributed by atoms with Crippen molar-refractivity contribution in [3.8, 4) is 0 Å². The van der Waals surface area contributed by atoms with Gasteiger partial charge in [0.1, 0.15) is 5.69 Å². The summed E-state index contributed by atoms with van der Waals surface area (Å²) in [5, 5.41) is -0.578. The lowest BCUT2D eigenvalue weighted by Crippen LogP contribution is -2.17. The van der Waals surface area contributed by atoms with Crippen LogP contribution >= 0.6 is 11.6 Å². The number of hydrogen-bond donors (Lipinski definition) is 1. The number of halogens is 4. The molecular formula is C7H4ClF3N2O. The molecular weight excluding hydrogens is 221 g/mol. The van der Waals surface area contributed by atoms with Gasteiger partial charge in [0.25, 0.3) is 12.3 Å². The fourth-order valence-electron chi connectivity index (χ4n) is 0.876. The van der Waals surface area contributed by atoms with Gasteiger partial charge >= 0.3 is 0 Å². The van der Waals surface area contributed by atoms with Crippen LogP contribution in [0.4, 0.5) is 13.2 Å². The summed E-state index contributed by atoms with van der Waals surface area (Å²) in [6.07, 6.45) is -2.44. The van der Waals surface area contributed by atoms with Gasteiger partial charge in [0.15, 0.2) is 5.82 Å². The van der Waals surface area contributed by atoms with E-state index in [1.165, 1.54) is 0 Å². The molecule has 0 aliphatic heterocycles. The summed E-state index contributed by atoms with van der Waals surface area (Å²) in [4.78, 5) is 13.8. The van der Waals surface area contributed by atoms with Crippen LogP contribution in [0.15, 0.2) is 6.20 Å². The van der Waals surface area contributed by atoms with E-state index < -0.39 is 34.4 Å². The highest BCUT2D eigenvalue weighted by Gasteiger charge is 2.24. The standard InChI is InChI=1S/C7H4ClF3N2O/c8-2-1-13-5(7(12)14)3(4(2)9)6(10)11/h1,6H,(H2,12,14). The van der Waals surface area contributed by atoms with Crippen LogP contribution < -0.4 is 5.73 Å². The molecule has 1 aromatic heterocycles. The van der Waals surface area contributed by atoms with E-state index in [1.54, 1.807) is 0 Å². The van der Waals surface area contributed by atoms with Crippen molar-refractivity contribution in [1.29, 1.82) is 0 Å². The molecule has 76 valence electrons. The van der Waals surface area contributed by atoms with Crippen LogP contribution in [0, 0.1) is 5.82 Å². The number of amides is 1. The van der Waals surface area contributed by atoms with E-state index in [0.717, 1.165) is 6.20 Å². The molecule has 0 radical (unpaired) electrons. The molecule has 0 aliphatic carbocycles. The fraction of sp³-hybridized carbons (Fsp3) is 0.143. The Kier molecular flexibility index (Phi) is 2.95. The first-order valence-corrected chi connectivity index (χ1v) is 3.74. The van der Waals surface area contributed by atoms with Gasteiger partial charge in [0.05, 0.1) is 10.6 Å². The Morgan fingerprint density at radius 1 is 1.57 bits per heavy atom. The third-order valence-electron chi connectivity index (χ3n) is 1.46. The molecule has 1 rings (SSSR count). The average Bonchev–Trinajstić information content (AvgIpc) is 2.08. The van der Waals surface area contributed by atoms with Crippen molar-refractivity contribution in [2.75, 3.05) is 0 Å². The lowest BCUT2D eigenvalue weighted by molar-refractivity contribution is 0.0976. The van der Waals surface area contributed by atoms with Gasteiger partial charge in [-0.05, 0) is 0 Å². The van der Waals surface area contributed by atoms with Crippen molar-refractivity contribution in [2.45, 2.75) is 6.43 Å². The monoisotopic (exact) mass is 224 g/mol. The summed E-state index contributed by atoms with van der Waals surface area (Å²) >= 11 is 5.21. The molecule has 0 unspecified atom stereocenters. The smallest absolute Gasteiger partial charge is 0.269 e. The van der Waals surface area contributed by atoms with E-state index >= 15 is 0 Å². The predicted octanol–water partition coefficient (Wildman–Crippen LogP) is 1.91. The van der Waals surface area contributed by atoms with Crippen molar-refractivity contribution in [3.05, 3.63) is 28.3 Å². The maximum Gasteiger partial charge on any atom is 0.269 e. The van der Waals surface area contributed by atoms with E-state index in [1.807, 2.05) is 0 Å². The molecule has 2 N–H and O–H groups in total. The zero-order chi connectivity index (χ0) is 10.9. The molecule has 14 heavy (non-hydrogen) atoms. The van der Waals surface area contributed by atoms with Crippen LogP contribution in [0.5, 0.6) is 0 Å². The Morgan fingerprint density at radius 2 is 2.14 bits per heavy atom. The molecule has 0 fully saturated rings. The minimum Gasteiger partial charge on any atom is -0.364 e. The van der Waals surface area contributed by atoms with Crippen molar-refractivity contribution in [3.63, 3.8) is 0 Å². The SMILES string of the molecule is NC(=O)c1ncc(Cl)c(F)c1C(F)F. The maximum absolute atomic E-state index is 13.0. The van der Waals surface area contributed by atoms with E-state index in [2.05, 4.69) is 4.98 Å². The molecule has 0 bridgehead atoms. The van der Waals surface area contributed by atoms with Gasteiger partial charge in [-0.2, -0.15) is 0 Å². The number of pyridine rings is 1. The number of hydrogen-bond acceptors (Lipinski definition) is 2. The Hall–Kier alpha value is -1.30. The van der Waals surface area contributed by atoms with Crippen LogP contribution in [0.2, 0.25) is 5.02 Å². The molecule has 1 aromatic rings. The van der Waals surface area contributed by atoms with Crippen molar-refractivity contribution in [2.24, 2.45) is 5.73 Å². The largest absolute Gasteiger partial charge is 0.364 e. The lowest BCUT2D eigenvalue weighted by atomic mass is 10.2. The van der Waals surface area contributed by atoms with Gasteiger partial charge < -0.3 is 5.73 Å². The number of alkyl halides is 2. The number of primary amides is 1. The second kappa shape index (κ2) is 3.83. The molecule has 0 spiro atoms. The van der Waals surface area contributed by atoms with Gasteiger partial charge in [-0.1, -0.05) is 11.6 Å². The molecule has 1 heterocycles. The van der Waals surface area contributed by atoms with Gasteiger partial charge in [0, 0.05) is 6.20 Å². The van der Waals surface area contributed by atoms with Crippen LogP contribution in [0.1, 0.15) is 22.5 Å². The molecule has 0 aliphatic rings. The highest BCUT2D eigenvalue weighted by atomic mass is 35.5. The zero-order valence-corrected chi connectivity index (χ0v) is 7.36. The summed E-state index contributed by atoms with van der Waals surface area (Å²) in [5.41, 5.74) is 2.76. The maximum atomic E-state index is 13.0. The minimum atomic E-state index is -3.19. The molecule has 0 saturated heterocycles.